The first-order valence-electron chi connectivity index (χ1n) is 6.20. The third kappa shape index (κ3) is 2.09. The van der Waals surface area contributed by atoms with Gasteiger partial charge in [-0.15, -0.1) is 0 Å². The summed E-state index contributed by atoms with van der Waals surface area (Å²) < 4.78 is 5.51. The Morgan fingerprint density at radius 1 is 1.16 bits per heavy atom. The van der Waals surface area contributed by atoms with Crippen LogP contribution in [0.15, 0.2) is 24.3 Å². The number of urea groups is 1. The Morgan fingerprint density at radius 3 is 2.21 bits per heavy atom. The summed E-state index contributed by atoms with van der Waals surface area (Å²) in [5.74, 6) is 0. The third-order valence-corrected chi connectivity index (χ3v) is 3.46. The van der Waals surface area contributed by atoms with Gasteiger partial charge in [0.25, 0.3) is 0 Å². The van der Waals surface area contributed by atoms with E-state index in [-0.39, 0.29) is 6.03 Å². The predicted molar refractivity (Wildman–Crippen MR) is 72.8 cm³/mol. The molecular weight excluding hydrogens is 244 g/mol. The first-order valence-corrected chi connectivity index (χ1v) is 6.20. The van der Waals surface area contributed by atoms with Crippen LogP contribution in [0.4, 0.5) is 10.5 Å². The Labute approximate surface area is 113 Å². The molecule has 0 N–H and O–H groups in total. The molecule has 1 unspecified atom stereocenters. The normalized spacial score (nSPS) is 22.2. The number of benzene rings is 1. The Bertz CT molecular complexity index is 470. The predicted octanol–water partition coefficient (Wildman–Crippen LogP) is 2.55. The van der Waals surface area contributed by atoms with E-state index in [4.69, 9.17) is 9.57 Å². The van der Waals surface area contributed by atoms with E-state index in [2.05, 4.69) is 0 Å². The maximum absolute atomic E-state index is 12.5. The van der Waals surface area contributed by atoms with Crippen molar-refractivity contribution in [2.45, 2.75) is 32.5 Å². The van der Waals surface area contributed by atoms with E-state index >= 15 is 0 Å². The second kappa shape index (κ2) is 4.83. The Morgan fingerprint density at radius 2 is 1.74 bits per heavy atom. The number of aryl methyl sites for hydroxylation is 1. The number of carbonyl (C=O) groups excluding carboxylic acids is 1. The molecular formula is C14H20N2O3. The highest BCUT2D eigenvalue weighted by molar-refractivity contribution is 5.95. The summed E-state index contributed by atoms with van der Waals surface area (Å²) in [6.07, 6.45) is -0.400. The first-order chi connectivity index (χ1) is 8.93. The summed E-state index contributed by atoms with van der Waals surface area (Å²) in [4.78, 5) is 19.3. The zero-order valence-corrected chi connectivity index (χ0v) is 12.0. The average molecular weight is 264 g/mol. The molecule has 0 aromatic heterocycles. The van der Waals surface area contributed by atoms with E-state index in [0.717, 1.165) is 11.3 Å². The van der Waals surface area contributed by atoms with Gasteiger partial charge >= 0.3 is 6.03 Å². The van der Waals surface area contributed by atoms with Gasteiger partial charge in [0.2, 0.25) is 0 Å². The lowest BCUT2D eigenvalue weighted by atomic mass is 10.0. The molecule has 1 aromatic rings. The second-order valence-corrected chi connectivity index (χ2v) is 5.21. The Hall–Kier alpha value is -1.59. The molecule has 0 aliphatic carbocycles. The van der Waals surface area contributed by atoms with Crippen LogP contribution in [0.25, 0.3) is 0 Å². The maximum atomic E-state index is 12.5. The van der Waals surface area contributed by atoms with Gasteiger partial charge in [0.15, 0.2) is 6.23 Å². The number of rotatable bonds is 3. The lowest BCUT2D eigenvalue weighted by Gasteiger charge is -2.31. The summed E-state index contributed by atoms with van der Waals surface area (Å²) in [5, 5.41) is 1.35. The highest BCUT2D eigenvalue weighted by atomic mass is 16.7. The standard InChI is InChI=1S/C14H20N2O3/c1-10-6-8-11(9-7-10)15-12(18-4)14(2,3)16(19-5)13(15)17/h6-9,12H,1-5H3. The van der Waals surface area contributed by atoms with E-state index in [1.807, 2.05) is 45.0 Å². The minimum atomic E-state index is -0.564. The highest BCUT2D eigenvalue weighted by Crippen LogP contribution is 2.36. The minimum Gasteiger partial charge on any atom is -0.358 e. The highest BCUT2D eigenvalue weighted by Gasteiger charge is 2.53. The van der Waals surface area contributed by atoms with Crippen molar-refractivity contribution in [3.05, 3.63) is 29.8 Å². The quantitative estimate of drug-likeness (QED) is 0.842. The van der Waals surface area contributed by atoms with Crippen LogP contribution in [-0.4, -0.2) is 37.1 Å². The van der Waals surface area contributed by atoms with E-state index in [1.165, 1.54) is 12.2 Å². The molecule has 2 rings (SSSR count). The van der Waals surface area contributed by atoms with Gasteiger partial charge in [0.05, 0.1) is 7.11 Å². The van der Waals surface area contributed by atoms with Gasteiger partial charge in [-0.05, 0) is 32.9 Å². The molecule has 1 heterocycles. The number of carbonyl (C=O) groups is 1. The molecule has 5 nitrogen and oxygen atoms in total. The Kier molecular flexibility index (Phi) is 3.52. The van der Waals surface area contributed by atoms with Gasteiger partial charge in [-0.1, -0.05) is 17.7 Å². The fraction of sp³-hybridized carbons (Fsp3) is 0.500. The summed E-state index contributed by atoms with van der Waals surface area (Å²) >= 11 is 0. The molecule has 1 fully saturated rings. The van der Waals surface area contributed by atoms with E-state index in [0.29, 0.717) is 0 Å². The molecule has 5 heteroatoms. The zero-order valence-electron chi connectivity index (χ0n) is 12.0. The van der Waals surface area contributed by atoms with Crippen LogP contribution in [-0.2, 0) is 9.57 Å². The number of hydrogen-bond donors (Lipinski definition) is 0. The maximum Gasteiger partial charge on any atom is 0.351 e. The molecule has 1 aliphatic heterocycles. The van der Waals surface area contributed by atoms with Gasteiger partial charge in [0, 0.05) is 12.8 Å². The molecule has 0 spiro atoms. The lowest BCUT2D eigenvalue weighted by Crippen LogP contribution is -2.47. The van der Waals surface area contributed by atoms with Crippen molar-refractivity contribution in [3.8, 4) is 0 Å². The van der Waals surface area contributed by atoms with Gasteiger partial charge in [-0.3, -0.25) is 9.74 Å². The molecule has 1 atom stereocenters. The SMILES string of the molecule is COC1N(c2ccc(C)cc2)C(=O)N(OC)C1(C)C. The first kappa shape index (κ1) is 13.8. The van der Waals surface area contributed by atoms with E-state index < -0.39 is 11.8 Å². The lowest BCUT2D eigenvalue weighted by molar-refractivity contribution is -0.155. The van der Waals surface area contributed by atoms with Gasteiger partial charge in [-0.25, -0.2) is 4.79 Å². The zero-order chi connectivity index (χ0) is 14.2. The van der Waals surface area contributed by atoms with Crippen molar-refractivity contribution in [2.75, 3.05) is 19.1 Å². The number of hydrogen-bond acceptors (Lipinski definition) is 3. The van der Waals surface area contributed by atoms with Gasteiger partial charge in [0.1, 0.15) is 5.54 Å². The number of amides is 2. The van der Waals surface area contributed by atoms with Crippen LogP contribution in [0.5, 0.6) is 0 Å². The summed E-state index contributed by atoms with van der Waals surface area (Å²) in [6.45, 7) is 5.84. The van der Waals surface area contributed by atoms with Crippen LogP contribution in [0.2, 0.25) is 0 Å². The van der Waals surface area contributed by atoms with Crippen LogP contribution in [0.1, 0.15) is 19.4 Å². The Balaban J connectivity index is 2.44. The van der Waals surface area contributed by atoms with Crippen LogP contribution in [0.3, 0.4) is 0 Å². The second-order valence-electron chi connectivity index (χ2n) is 5.21. The average Bonchev–Trinajstić information content (AvgIpc) is 2.56. The molecule has 2 amide bonds. The van der Waals surface area contributed by atoms with Crippen molar-refractivity contribution in [1.29, 1.82) is 0 Å². The summed E-state index contributed by atoms with van der Waals surface area (Å²) in [7, 11) is 3.09. The number of ether oxygens (including phenoxy) is 1. The molecule has 19 heavy (non-hydrogen) atoms. The largest absolute Gasteiger partial charge is 0.358 e. The molecule has 1 saturated heterocycles. The molecule has 1 aromatic carbocycles. The van der Waals surface area contributed by atoms with Crippen LogP contribution >= 0.6 is 0 Å². The van der Waals surface area contributed by atoms with Crippen LogP contribution in [0, 0.1) is 6.92 Å². The fourth-order valence-corrected chi connectivity index (χ4v) is 2.52. The third-order valence-electron chi connectivity index (χ3n) is 3.46. The molecule has 1 aliphatic rings. The monoisotopic (exact) mass is 264 g/mol. The summed E-state index contributed by atoms with van der Waals surface area (Å²) in [5.41, 5.74) is 1.38. The van der Waals surface area contributed by atoms with E-state index in [9.17, 15) is 4.79 Å². The number of hydroxylamine groups is 2. The van der Waals surface area contributed by atoms with Gasteiger partial charge < -0.3 is 4.74 Å². The van der Waals surface area contributed by atoms with Crippen LogP contribution < -0.4 is 4.90 Å². The van der Waals surface area contributed by atoms with E-state index in [1.54, 1.807) is 12.0 Å². The fourth-order valence-electron chi connectivity index (χ4n) is 2.52. The van der Waals surface area contributed by atoms with Crippen molar-refractivity contribution in [3.63, 3.8) is 0 Å². The number of anilines is 1. The topological polar surface area (TPSA) is 42.0 Å². The van der Waals surface area contributed by atoms with Crippen molar-refractivity contribution < 1.29 is 14.4 Å². The smallest absolute Gasteiger partial charge is 0.351 e. The van der Waals surface area contributed by atoms with Crippen molar-refractivity contribution >= 4 is 11.7 Å². The minimum absolute atomic E-state index is 0.219. The number of nitrogens with zero attached hydrogens (tertiary/aromatic N) is 2. The number of methoxy groups -OCH3 is 1. The van der Waals surface area contributed by atoms with Gasteiger partial charge in [-0.2, -0.15) is 5.06 Å². The molecule has 0 bridgehead atoms. The van der Waals surface area contributed by atoms with Crippen molar-refractivity contribution in [2.24, 2.45) is 0 Å². The molecule has 0 saturated carbocycles. The molecule has 0 radical (unpaired) electrons. The van der Waals surface area contributed by atoms with Crippen molar-refractivity contribution in [1.82, 2.24) is 5.06 Å². The summed E-state index contributed by atoms with van der Waals surface area (Å²) in [6, 6.07) is 7.54. The molecule has 104 valence electrons.